The molecule has 4 heteroatoms. The van der Waals surface area contributed by atoms with Gasteiger partial charge in [-0.05, 0) is 35.1 Å². The number of carbonyl (C=O) groups excluding carboxylic acids is 1. The van der Waals surface area contributed by atoms with Crippen LogP contribution in [-0.4, -0.2) is 13.1 Å². The van der Waals surface area contributed by atoms with Crippen LogP contribution in [0.25, 0.3) is 0 Å². The van der Waals surface area contributed by atoms with Crippen LogP contribution >= 0.6 is 12.4 Å². The van der Waals surface area contributed by atoms with Crippen molar-refractivity contribution in [2.75, 3.05) is 7.11 Å². The van der Waals surface area contributed by atoms with Gasteiger partial charge in [0.1, 0.15) is 0 Å². The molecule has 3 nitrogen and oxygen atoms in total. The average Bonchev–Trinajstić information content (AvgIpc) is 2.48. The number of hydrogen-bond acceptors (Lipinski definition) is 3. The molecule has 1 aromatic rings. The van der Waals surface area contributed by atoms with Crippen molar-refractivity contribution in [3.05, 3.63) is 34.9 Å². The number of rotatable bonds is 1. The third kappa shape index (κ3) is 2.31. The predicted octanol–water partition coefficient (Wildman–Crippen LogP) is 2.48. The minimum Gasteiger partial charge on any atom is -0.465 e. The Kier molecular flexibility index (Phi) is 3.84. The fourth-order valence-corrected chi connectivity index (χ4v) is 2.33. The Morgan fingerprint density at radius 1 is 1.47 bits per heavy atom. The molecular weight excluding hydrogens is 238 g/mol. The van der Waals surface area contributed by atoms with Crippen LogP contribution in [0.5, 0.6) is 0 Å². The number of fused-ring (bicyclic) bond motifs is 1. The van der Waals surface area contributed by atoms with Crippen molar-refractivity contribution < 1.29 is 9.53 Å². The van der Waals surface area contributed by atoms with E-state index < -0.39 is 0 Å². The third-order valence-corrected chi connectivity index (χ3v) is 3.39. The molecule has 0 bridgehead atoms. The van der Waals surface area contributed by atoms with Crippen molar-refractivity contribution in [2.24, 2.45) is 11.1 Å². The standard InChI is InChI=1S/C13H17NO2.ClH/c1-13(2)7-9-6-8(12(15)16-3)4-5-10(9)11(13)14;/h4-6,11H,7,14H2,1-3H3;1H. The number of ether oxygens (including phenoxy) is 1. The largest absolute Gasteiger partial charge is 0.465 e. The molecule has 94 valence electrons. The zero-order valence-electron chi connectivity index (χ0n) is 10.3. The SMILES string of the molecule is COC(=O)c1ccc2c(c1)CC(C)(C)C2N.Cl. The van der Waals surface area contributed by atoms with Gasteiger partial charge in [0.25, 0.3) is 0 Å². The Morgan fingerprint density at radius 2 is 2.12 bits per heavy atom. The van der Waals surface area contributed by atoms with Gasteiger partial charge in [0.15, 0.2) is 0 Å². The fraction of sp³-hybridized carbons (Fsp3) is 0.462. The van der Waals surface area contributed by atoms with Gasteiger partial charge in [-0.1, -0.05) is 19.9 Å². The van der Waals surface area contributed by atoms with Crippen molar-refractivity contribution >= 4 is 18.4 Å². The van der Waals surface area contributed by atoms with Crippen LogP contribution in [-0.2, 0) is 11.2 Å². The van der Waals surface area contributed by atoms with Gasteiger partial charge >= 0.3 is 5.97 Å². The van der Waals surface area contributed by atoms with Crippen LogP contribution in [0, 0.1) is 5.41 Å². The number of benzene rings is 1. The van der Waals surface area contributed by atoms with Gasteiger partial charge in [0.05, 0.1) is 12.7 Å². The fourth-order valence-electron chi connectivity index (χ4n) is 2.33. The zero-order chi connectivity index (χ0) is 11.9. The summed E-state index contributed by atoms with van der Waals surface area (Å²) in [6, 6.07) is 5.68. The Hall–Kier alpha value is -1.06. The summed E-state index contributed by atoms with van der Waals surface area (Å²) in [4.78, 5) is 11.4. The molecule has 1 unspecified atom stereocenters. The van der Waals surface area contributed by atoms with E-state index in [1.54, 1.807) is 6.07 Å². The van der Waals surface area contributed by atoms with Crippen LogP contribution in [0.4, 0.5) is 0 Å². The minimum atomic E-state index is -0.291. The highest BCUT2D eigenvalue weighted by atomic mass is 35.5. The lowest BCUT2D eigenvalue weighted by atomic mass is 9.86. The molecule has 0 fully saturated rings. The first kappa shape index (κ1) is 14.0. The second kappa shape index (κ2) is 4.67. The Morgan fingerprint density at radius 3 is 2.71 bits per heavy atom. The molecule has 1 aliphatic rings. The molecule has 0 saturated carbocycles. The first-order chi connectivity index (χ1) is 7.45. The van der Waals surface area contributed by atoms with E-state index in [0.717, 1.165) is 12.0 Å². The summed E-state index contributed by atoms with van der Waals surface area (Å²) in [6.07, 6.45) is 0.911. The highest BCUT2D eigenvalue weighted by molar-refractivity contribution is 5.89. The number of nitrogens with two attached hydrogens (primary N) is 1. The maximum Gasteiger partial charge on any atom is 0.337 e. The molecule has 2 N–H and O–H groups in total. The minimum absolute atomic E-state index is 0. The lowest BCUT2D eigenvalue weighted by molar-refractivity contribution is 0.0600. The molecule has 17 heavy (non-hydrogen) atoms. The summed E-state index contributed by atoms with van der Waals surface area (Å²) < 4.78 is 4.70. The van der Waals surface area contributed by atoms with E-state index in [-0.39, 0.29) is 29.8 Å². The van der Waals surface area contributed by atoms with Gasteiger partial charge in [-0.3, -0.25) is 0 Å². The van der Waals surface area contributed by atoms with E-state index in [9.17, 15) is 4.79 Å². The van der Waals surface area contributed by atoms with Gasteiger partial charge in [-0.25, -0.2) is 4.79 Å². The first-order valence-electron chi connectivity index (χ1n) is 5.42. The molecule has 2 rings (SSSR count). The molecule has 0 radical (unpaired) electrons. The van der Waals surface area contributed by atoms with Crippen molar-refractivity contribution in [2.45, 2.75) is 26.3 Å². The summed E-state index contributed by atoms with van der Waals surface area (Å²) in [5.74, 6) is -0.291. The summed E-state index contributed by atoms with van der Waals surface area (Å²) >= 11 is 0. The number of carbonyl (C=O) groups is 1. The highest BCUT2D eigenvalue weighted by Gasteiger charge is 2.36. The van der Waals surface area contributed by atoms with E-state index in [4.69, 9.17) is 10.5 Å². The lowest BCUT2D eigenvalue weighted by Gasteiger charge is -2.23. The van der Waals surface area contributed by atoms with Crippen molar-refractivity contribution in [3.8, 4) is 0 Å². The van der Waals surface area contributed by atoms with Crippen molar-refractivity contribution in [1.29, 1.82) is 0 Å². The zero-order valence-corrected chi connectivity index (χ0v) is 11.1. The first-order valence-corrected chi connectivity index (χ1v) is 5.42. The molecule has 1 aromatic carbocycles. The predicted molar refractivity (Wildman–Crippen MR) is 69.4 cm³/mol. The molecule has 0 spiro atoms. The molecule has 1 atom stereocenters. The molecule has 0 aliphatic heterocycles. The number of methoxy groups -OCH3 is 1. The van der Waals surface area contributed by atoms with E-state index in [0.29, 0.717) is 5.56 Å². The topological polar surface area (TPSA) is 52.3 Å². The molecule has 0 heterocycles. The summed E-state index contributed by atoms with van der Waals surface area (Å²) in [6.45, 7) is 4.30. The normalized spacial score (nSPS) is 20.4. The van der Waals surface area contributed by atoms with Crippen LogP contribution in [0.3, 0.4) is 0 Å². The molecule has 1 aliphatic carbocycles. The van der Waals surface area contributed by atoms with Crippen LogP contribution in [0.1, 0.15) is 41.4 Å². The van der Waals surface area contributed by atoms with Gasteiger partial charge < -0.3 is 10.5 Å². The number of halogens is 1. The van der Waals surface area contributed by atoms with Crippen molar-refractivity contribution in [3.63, 3.8) is 0 Å². The number of hydrogen-bond donors (Lipinski definition) is 1. The highest BCUT2D eigenvalue weighted by Crippen LogP contribution is 2.43. The Bertz CT molecular complexity index is 443. The Labute approximate surface area is 108 Å². The van der Waals surface area contributed by atoms with Crippen LogP contribution < -0.4 is 5.73 Å². The number of esters is 1. The van der Waals surface area contributed by atoms with Gasteiger partial charge in [0.2, 0.25) is 0 Å². The molecule has 0 aromatic heterocycles. The lowest BCUT2D eigenvalue weighted by Crippen LogP contribution is -2.24. The van der Waals surface area contributed by atoms with Gasteiger partial charge in [0, 0.05) is 6.04 Å². The maximum absolute atomic E-state index is 11.4. The van der Waals surface area contributed by atoms with E-state index in [1.807, 2.05) is 12.1 Å². The molecular formula is C13H18ClNO2. The van der Waals surface area contributed by atoms with Gasteiger partial charge in [-0.15, -0.1) is 12.4 Å². The van der Waals surface area contributed by atoms with E-state index >= 15 is 0 Å². The van der Waals surface area contributed by atoms with Crippen molar-refractivity contribution in [1.82, 2.24) is 0 Å². The van der Waals surface area contributed by atoms with E-state index in [2.05, 4.69) is 13.8 Å². The average molecular weight is 256 g/mol. The van der Waals surface area contributed by atoms with Gasteiger partial charge in [-0.2, -0.15) is 0 Å². The smallest absolute Gasteiger partial charge is 0.337 e. The summed E-state index contributed by atoms with van der Waals surface area (Å²) in [7, 11) is 1.39. The van der Waals surface area contributed by atoms with Crippen LogP contribution in [0.2, 0.25) is 0 Å². The third-order valence-electron chi connectivity index (χ3n) is 3.39. The van der Waals surface area contributed by atoms with E-state index in [1.165, 1.54) is 12.7 Å². The molecule has 0 saturated heterocycles. The summed E-state index contributed by atoms with van der Waals surface area (Å²) in [5.41, 5.74) is 9.15. The van der Waals surface area contributed by atoms with Crippen LogP contribution in [0.15, 0.2) is 18.2 Å². The quantitative estimate of drug-likeness (QED) is 0.785. The Balaban J connectivity index is 0.00000144. The summed E-state index contributed by atoms with van der Waals surface area (Å²) in [5, 5.41) is 0. The second-order valence-electron chi connectivity index (χ2n) is 5.05. The maximum atomic E-state index is 11.4. The molecule has 0 amide bonds. The second-order valence-corrected chi connectivity index (χ2v) is 5.05. The monoisotopic (exact) mass is 255 g/mol.